The van der Waals surface area contributed by atoms with Gasteiger partial charge in [-0.15, -0.1) is 0 Å². The zero-order valence-electron chi connectivity index (χ0n) is 22.7. The second kappa shape index (κ2) is 11.5. The third kappa shape index (κ3) is 5.78. The van der Waals surface area contributed by atoms with Crippen molar-refractivity contribution in [3.63, 3.8) is 0 Å². The van der Waals surface area contributed by atoms with E-state index < -0.39 is 50.2 Å². The lowest BCUT2D eigenvalue weighted by Crippen LogP contribution is -2.64. The van der Waals surface area contributed by atoms with Crippen LogP contribution in [0.3, 0.4) is 0 Å². The first kappa shape index (κ1) is 30.9. The van der Waals surface area contributed by atoms with Crippen molar-refractivity contribution in [3.05, 3.63) is 63.7 Å². The minimum absolute atomic E-state index is 0.0371. The van der Waals surface area contributed by atoms with E-state index in [4.69, 9.17) is 30.2 Å². The highest BCUT2D eigenvalue weighted by Crippen LogP contribution is 2.42. The van der Waals surface area contributed by atoms with E-state index >= 15 is 0 Å². The molecule has 3 N–H and O–H groups in total. The second-order valence-corrected chi connectivity index (χ2v) is 16.3. The molecule has 0 spiro atoms. The molecule has 0 bridgehead atoms. The van der Waals surface area contributed by atoms with Crippen molar-refractivity contribution in [1.82, 2.24) is 0 Å². The Morgan fingerprint density at radius 2 is 1.66 bits per heavy atom. The minimum Gasteiger partial charge on any atom is -0.494 e. The summed E-state index contributed by atoms with van der Waals surface area (Å²) in [5.41, 5.74) is 0.703. The molecule has 5 atom stereocenters. The highest BCUT2D eigenvalue weighted by molar-refractivity contribution is 6.74. The van der Waals surface area contributed by atoms with Gasteiger partial charge in [-0.05, 0) is 47.5 Å². The van der Waals surface area contributed by atoms with Crippen LogP contribution in [0.4, 0.5) is 8.78 Å². The van der Waals surface area contributed by atoms with Crippen LogP contribution in [-0.4, -0.2) is 68.9 Å². The van der Waals surface area contributed by atoms with Crippen LogP contribution in [0.15, 0.2) is 30.3 Å². The van der Waals surface area contributed by atoms with Gasteiger partial charge in [0.2, 0.25) is 11.6 Å². The molecule has 7 nitrogen and oxygen atoms in total. The molecule has 1 heterocycles. The summed E-state index contributed by atoms with van der Waals surface area (Å²) in [7, 11) is 0.303. The van der Waals surface area contributed by atoms with E-state index in [9.17, 15) is 24.1 Å². The van der Waals surface area contributed by atoms with Gasteiger partial charge < -0.3 is 34.0 Å². The first-order valence-electron chi connectivity index (χ1n) is 12.3. The van der Waals surface area contributed by atoms with Gasteiger partial charge in [0, 0.05) is 24.1 Å². The Kier molecular flexibility index (Phi) is 9.32. The van der Waals surface area contributed by atoms with E-state index in [2.05, 4.69) is 20.8 Å². The minimum atomic E-state index is -2.24. The average Bonchev–Trinajstić information content (AvgIpc) is 2.86. The smallest absolute Gasteiger partial charge is 0.224 e. The van der Waals surface area contributed by atoms with Crippen molar-refractivity contribution < 1.29 is 42.7 Å². The third-order valence-corrected chi connectivity index (χ3v) is 12.5. The highest BCUT2D eigenvalue weighted by atomic mass is 35.5. The Balaban J connectivity index is 1.97. The van der Waals surface area contributed by atoms with Gasteiger partial charge in [-0.2, -0.15) is 4.39 Å². The number of aliphatic hydroxyl groups excluding tert-OH is 3. The molecule has 0 aliphatic carbocycles. The molecule has 0 radical (unpaired) electrons. The first-order chi connectivity index (χ1) is 17.6. The third-order valence-electron chi connectivity index (χ3n) is 7.66. The number of hydrogen-bond donors (Lipinski definition) is 3. The van der Waals surface area contributed by atoms with Crippen LogP contribution in [0, 0.1) is 11.6 Å². The Bertz CT molecular complexity index is 1140. The number of rotatable bonds is 8. The van der Waals surface area contributed by atoms with Crippen LogP contribution in [-0.2, 0) is 26.1 Å². The molecule has 212 valence electrons. The number of aliphatic hydroxyl groups is 3. The van der Waals surface area contributed by atoms with Crippen LogP contribution >= 0.6 is 11.6 Å². The van der Waals surface area contributed by atoms with Gasteiger partial charge in [0.1, 0.15) is 24.4 Å². The average molecular weight is 575 g/mol. The van der Waals surface area contributed by atoms with E-state index in [1.165, 1.54) is 38.5 Å². The Morgan fingerprint density at radius 1 is 1.00 bits per heavy atom. The van der Waals surface area contributed by atoms with E-state index in [1.807, 2.05) is 13.1 Å². The van der Waals surface area contributed by atoms with Crippen molar-refractivity contribution in [2.75, 3.05) is 20.8 Å². The molecule has 1 aliphatic rings. The summed E-state index contributed by atoms with van der Waals surface area (Å²) in [6, 6.07) is 7.30. The zero-order chi connectivity index (χ0) is 28.6. The molecule has 1 aliphatic heterocycles. The van der Waals surface area contributed by atoms with Crippen molar-refractivity contribution in [1.29, 1.82) is 0 Å². The molecule has 38 heavy (non-hydrogen) atoms. The highest BCUT2D eigenvalue weighted by Gasteiger charge is 2.55. The molecule has 3 rings (SSSR count). The summed E-state index contributed by atoms with van der Waals surface area (Å²) in [4.78, 5) is 0. The number of halogens is 3. The van der Waals surface area contributed by atoms with E-state index in [0.29, 0.717) is 5.56 Å². The van der Waals surface area contributed by atoms with Crippen LogP contribution in [0.5, 0.6) is 5.75 Å². The maximum atomic E-state index is 14.7. The summed E-state index contributed by atoms with van der Waals surface area (Å²) in [6.45, 7) is 10.3. The molecule has 0 amide bonds. The van der Waals surface area contributed by atoms with E-state index in [1.54, 1.807) is 6.07 Å². The molecule has 1 saturated heterocycles. The summed E-state index contributed by atoms with van der Waals surface area (Å²) in [5, 5.41) is 32.7. The summed E-state index contributed by atoms with van der Waals surface area (Å²) in [5.74, 6) is -4.30. The fraction of sp³-hybridized carbons (Fsp3) is 0.556. The van der Waals surface area contributed by atoms with E-state index in [-0.39, 0.29) is 40.0 Å². The van der Waals surface area contributed by atoms with Crippen molar-refractivity contribution in [3.8, 4) is 5.75 Å². The monoisotopic (exact) mass is 574 g/mol. The lowest BCUT2D eigenvalue weighted by Gasteiger charge is -2.49. The predicted molar refractivity (Wildman–Crippen MR) is 142 cm³/mol. The first-order valence-corrected chi connectivity index (χ1v) is 15.6. The molecule has 2 aromatic rings. The molecule has 2 aromatic carbocycles. The standard InChI is InChI=1S/C27H37ClF2O7Si/c1-26(2,3)38(6,7)36-14-20-23(31)24(32)25(33)27(35-5,37-20)17-9-10-18(28)16(13-17)12-15-8-11-19(34-4)22(30)21(15)29/h8-11,13,20,23-25,31-33H,12,14H2,1-7H3/t20-,23-,24+,25-,27+/m1/s1. The van der Waals surface area contributed by atoms with Crippen molar-refractivity contribution in [2.24, 2.45) is 0 Å². The predicted octanol–water partition coefficient (Wildman–Crippen LogP) is 4.52. The SMILES string of the molecule is COc1ccc(Cc2cc([C@]3(OC)O[C@H](CO[Si](C)(C)C(C)(C)C)[C@@H](O)[C@H](O)[C@H]3O)ccc2Cl)c(F)c1F. The molecule has 1 fully saturated rings. The maximum Gasteiger partial charge on any atom is 0.224 e. The van der Waals surface area contributed by atoms with Crippen molar-refractivity contribution >= 4 is 19.9 Å². The molecule has 0 aromatic heterocycles. The van der Waals surface area contributed by atoms with Gasteiger partial charge in [0.15, 0.2) is 19.9 Å². The fourth-order valence-electron chi connectivity index (χ4n) is 4.16. The Labute approximate surface area is 228 Å². The molecule has 0 unspecified atom stereocenters. The quantitative estimate of drug-likeness (QED) is 0.399. The van der Waals surface area contributed by atoms with Gasteiger partial charge in [0.05, 0.1) is 13.7 Å². The fourth-order valence-corrected chi connectivity index (χ4v) is 5.36. The molecular formula is C27H37ClF2O7Si. The van der Waals surface area contributed by atoms with Gasteiger partial charge in [0.25, 0.3) is 0 Å². The van der Waals surface area contributed by atoms with Crippen molar-refractivity contribution in [2.45, 2.75) is 75.5 Å². The zero-order valence-corrected chi connectivity index (χ0v) is 24.5. The number of hydrogen-bond acceptors (Lipinski definition) is 7. The maximum absolute atomic E-state index is 14.7. The number of methoxy groups -OCH3 is 2. The summed E-state index contributed by atoms with van der Waals surface area (Å²) < 4.78 is 51.8. The number of ether oxygens (including phenoxy) is 3. The van der Waals surface area contributed by atoms with Gasteiger partial charge in [-0.25, -0.2) is 4.39 Å². The Hall–Kier alpha value is -1.63. The van der Waals surface area contributed by atoms with E-state index in [0.717, 1.165) is 0 Å². The van der Waals surface area contributed by atoms with Gasteiger partial charge in [-0.1, -0.05) is 44.5 Å². The van der Waals surface area contributed by atoms with Crippen LogP contribution in [0.2, 0.25) is 23.2 Å². The molecular weight excluding hydrogens is 538 g/mol. The molecule has 0 saturated carbocycles. The summed E-state index contributed by atoms with van der Waals surface area (Å²) in [6.07, 6.45) is -5.87. The van der Waals surface area contributed by atoms with Crippen LogP contribution < -0.4 is 4.74 Å². The van der Waals surface area contributed by atoms with Crippen LogP contribution in [0.25, 0.3) is 0 Å². The Morgan fingerprint density at radius 3 is 2.24 bits per heavy atom. The lowest BCUT2D eigenvalue weighted by molar-refractivity contribution is -0.365. The molecule has 11 heteroatoms. The summed E-state index contributed by atoms with van der Waals surface area (Å²) >= 11 is 6.39. The second-order valence-electron chi connectivity index (χ2n) is 11.1. The lowest BCUT2D eigenvalue weighted by atomic mass is 9.87. The van der Waals surface area contributed by atoms with Crippen LogP contribution in [0.1, 0.15) is 37.5 Å². The number of benzene rings is 2. The largest absolute Gasteiger partial charge is 0.494 e. The van der Waals surface area contributed by atoms with Gasteiger partial charge >= 0.3 is 0 Å². The topological polar surface area (TPSA) is 97.6 Å². The van der Waals surface area contributed by atoms with Gasteiger partial charge in [-0.3, -0.25) is 0 Å². The normalized spacial score (nSPS) is 26.4.